The minimum Gasteiger partial charge on any atom is -1.00 e. The van der Waals surface area contributed by atoms with E-state index in [1.807, 2.05) is 30.3 Å². The first kappa shape index (κ1) is 16.0. The largest absolute Gasteiger partial charge is 2.00 e. The van der Waals surface area contributed by atoms with Crippen LogP contribution in [0.15, 0.2) is 59.6 Å². The van der Waals surface area contributed by atoms with E-state index < -0.39 is 0 Å². The van der Waals surface area contributed by atoms with Crippen LogP contribution >= 0.6 is 0 Å². The predicted molar refractivity (Wildman–Crippen MR) is 65.3 cm³/mol. The average molecular weight is 256 g/mol. The van der Waals surface area contributed by atoms with E-state index >= 15 is 0 Å². The van der Waals surface area contributed by atoms with Crippen molar-refractivity contribution in [1.82, 2.24) is 0 Å². The SMILES string of the molecule is [Cl-].[Mg+2].[O-]c1ccccc1N=Cc1ccccc1. The van der Waals surface area contributed by atoms with Crippen molar-refractivity contribution in [1.29, 1.82) is 0 Å². The standard InChI is InChI=1S/C13H11NO.ClH.Mg/c15-13-9-5-4-8-12(13)14-10-11-6-2-1-3-7-11;;/h1-10,15H;1H;/q;;+2/p-2. The molecule has 0 amide bonds. The molecule has 0 atom stereocenters. The second-order valence-corrected chi connectivity index (χ2v) is 3.14. The number of halogens is 1. The Bertz CT molecular complexity index is 474. The van der Waals surface area contributed by atoms with Crippen LogP contribution in [0.3, 0.4) is 0 Å². The molecule has 0 bridgehead atoms. The zero-order valence-corrected chi connectivity index (χ0v) is 11.4. The molecule has 0 heterocycles. The number of hydrogen-bond acceptors (Lipinski definition) is 2. The number of benzene rings is 2. The minimum absolute atomic E-state index is 0. The first-order valence-electron chi connectivity index (χ1n) is 4.71. The molecule has 4 heteroatoms. The second kappa shape index (κ2) is 8.12. The fraction of sp³-hybridized carbons (Fsp3) is 0. The molecular weight excluding hydrogens is 246 g/mol. The van der Waals surface area contributed by atoms with Gasteiger partial charge in [0.05, 0.1) is 5.69 Å². The normalized spacial score (nSPS) is 9.41. The van der Waals surface area contributed by atoms with Gasteiger partial charge in [-0.15, -0.1) is 0 Å². The fourth-order valence-corrected chi connectivity index (χ4v) is 1.25. The third-order valence-electron chi connectivity index (χ3n) is 2.02. The fourth-order valence-electron chi connectivity index (χ4n) is 1.25. The molecule has 2 aromatic rings. The van der Waals surface area contributed by atoms with Crippen LogP contribution in [0.5, 0.6) is 5.75 Å². The topological polar surface area (TPSA) is 35.4 Å². The molecular formula is C13H10ClMgNO. The van der Waals surface area contributed by atoms with E-state index in [0.717, 1.165) is 5.56 Å². The van der Waals surface area contributed by atoms with Gasteiger partial charge in [0.1, 0.15) is 0 Å². The van der Waals surface area contributed by atoms with E-state index in [1.165, 1.54) is 6.07 Å². The zero-order chi connectivity index (χ0) is 10.5. The summed E-state index contributed by atoms with van der Waals surface area (Å²) >= 11 is 0. The van der Waals surface area contributed by atoms with Gasteiger partial charge < -0.3 is 17.5 Å². The minimum atomic E-state index is -0.0512. The van der Waals surface area contributed by atoms with Crippen LogP contribution in [0.25, 0.3) is 0 Å². The predicted octanol–water partition coefficient (Wildman–Crippen LogP) is -0.866. The Labute approximate surface area is 123 Å². The molecule has 0 unspecified atom stereocenters. The van der Waals surface area contributed by atoms with E-state index in [4.69, 9.17) is 0 Å². The van der Waals surface area contributed by atoms with E-state index in [0.29, 0.717) is 5.69 Å². The Morgan fingerprint density at radius 3 is 2.12 bits per heavy atom. The van der Waals surface area contributed by atoms with Crippen molar-refractivity contribution >= 4 is 35.0 Å². The molecule has 0 aromatic heterocycles. The van der Waals surface area contributed by atoms with Crippen LogP contribution < -0.4 is 17.5 Å². The summed E-state index contributed by atoms with van der Waals surface area (Å²) in [4.78, 5) is 4.14. The van der Waals surface area contributed by atoms with Crippen molar-refractivity contribution in [2.75, 3.05) is 0 Å². The molecule has 0 radical (unpaired) electrons. The summed E-state index contributed by atoms with van der Waals surface area (Å²) < 4.78 is 0. The third kappa shape index (κ3) is 4.77. The van der Waals surface area contributed by atoms with Gasteiger partial charge in [-0.1, -0.05) is 54.3 Å². The van der Waals surface area contributed by atoms with Crippen molar-refractivity contribution in [3.63, 3.8) is 0 Å². The van der Waals surface area contributed by atoms with Gasteiger partial charge in [0.25, 0.3) is 0 Å². The molecule has 0 aliphatic rings. The molecule has 2 rings (SSSR count). The third-order valence-corrected chi connectivity index (χ3v) is 2.02. The van der Waals surface area contributed by atoms with Crippen molar-refractivity contribution in [2.45, 2.75) is 0 Å². The molecule has 0 aliphatic carbocycles. The number of rotatable bonds is 2. The Hall–Kier alpha value is -1.03. The van der Waals surface area contributed by atoms with Crippen LogP contribution in [0.1, 0.15) is 5.56 Å². The van der Waals surface area contributed by atoms with Crippen LogP contribution in [0, 0.1) is 0 Å². The Morgan fingerprint density at radius 1 is 0.882 bits per heavy atom. The van der Waals surface area contributed by atoms with Gasteiger partial charge in [-0.3, -0.25) is 4.99 Å². The number of nitrogens with zero attached hydrogens (tertiary/aromatic N) is 1. The summed E-state index contributed by atoms with van der Waals surface area (Å²) in [5.74, 6) is -0.0512. The maximum Gasteiger partial charge on any atom is 2.00 e. The van der Waals surface area contributed by atoms with Crippen molar-refractivity contribution in [2.24, 2.45) is 4.99 Å². The summed E-state index contributed by atoms with van der Waals surface area (Å²) in [6.07, 6.45) is 1.69. The first-order valence-corrected chi connectivity index (χ1v) is 4.71. The number of aliphatic imine (C=N–C) groups is 1. The van der Waals surface area contributed by atoms with Crippen molar-refractivity contribution in [3.05, 3.63) is 60.2 Å². The van der Waals surface area contributed by atoms with Crippen LogP contribution in [-0.2, 0) is 0 Å². The molecule has 0 spiro atoms. The van der Waals surface area contributed by atoms with Gasteiger partial charge >= 0.3 is 23.1 Å². The monoisotopic (exact) mass is 255 g/mol. The zero-order valence-electron chi connectivity index (χ0n) is 9.21. The Balaban J connectivity index is 0.00000128. The molecule has 0 saturated carbocycles. The van der Waals surface area contributed by atoms with E-state index in [2.05, 4.69) is 4.99 Å². The van der Waals surface area contributed by atoms with Crippen LogP contribution in [0.2, 0.25) is 0 Å². The summed E-state index contributed by atoms with van der Waals surface area (Å²) in [6, 6.07) is 16.4. The average Bonchev–Trinajstić information content (AvgIpc) is 2.29. The smallest absolute Gasteiger partial charge is 1.00 e. The molecule has 82 valence electrons. The first-order chi connectivity index (χ1) is 7.36. The van der Waals surface area contributed by atoms with E-state index in [1.54, 1.807) is 24.4 Å². The van der Waals surface area contributed by atoms with Crippen molar-refractivity contribution < 1.29 is 17.5 Å². The number of para-hydroxylation sites is 2. The second-order valence-electron chi connectivity index (χ2n) is 3.14. The summed E-state index contributed by atoms with van der Waals surface area (Å²) in [5.41, 5.74) is 1.46. The van der Waals surface area contributed by atoms with Crippen molar-refractivity contribution in [3.8, 4) is 5.75 Å². The maximum atomic E-state index is 11.3. The van der Waals surface area contributed by atoms with Crippen LogP contribution in [0.4, 0.5) is 5.69 Å². The van der Waals surface area contributed by atoms with E-state index in [-0.39, 0.29) is 41.2 Å². The summed E-state index contributed by atoms with van der Waals surface area (Å²) in [7, 11) is 0. The van der Waals surface area contributed by atoms with Gasteiger partial charge in [-0.25, -0.2) is 0 Å². The van der Waals surface area contributed by atoms with Gasteiger partial charge in [0.2, 0.25) is 0 Å². The quantitative estimate of drug-likeness (QED) is 0.508. The van der Waals surface area contributed by atoms with Gasteiger partial charge in [-0.05, 0) is 11.6 Å². The molecule has 17 heavy (non-hydrogen) atoms. The maximum absolute atomic E-state index is 11.3. The molecule has 2 nitrogen and oxygen atoms in total. The number of hydrogen-bond donors (Lipinski definition) is 0. The van der Waals surface area contributed by atoms with Crippen LogP contribution in [-0.4, -0.2) is 29.3 Å². The summed E-state index contributed by atoms with van der Waals surface area (Å²) in [5, 5.41) is 11.3. The van der Waals surface area contributed by atoms with Gasteiger partial charge in [0, 0.05) is 6.21 Å². The molecule has 0 N–H and O–H groups in total. The van der Waals surface area contributed by atoms with E-state index in [9.17, 15) is 5.11 Å². The Morgan fingerprint density at radius 2 is 1.47 bits per heavy atom. The van der Waals surface area contributed by atoms with Gasteiger partial charge in [0.15, 0.2) is 0 Å². The Kier molecular flexibility index (Phi) is 7.62. The molecule has 2 aromatic carbocycles. The molecule has 0 saturated heterocycles. The summed E-state index contributed by atoms with van der Waals surface area (Å²) in [6.45, 7) is 0. The molecule has 0 fully saturated rings. The molecule has 0 aliphatic heterocycles. The van der Waals surface area contributed by atoms with Gasteiger partial charge in [-0.2, -0.15) is 0 Å².